The number of hydrogen-bond donors (Lipinski definition) is 2. The third-order valence-corrected chi connectivity index (χ3v) is 8.91. The Balaban J connectivity index is 0.000000161. The fraction of sp³-hybridized carbons (Fsp3) is 0.0444. The summed E-state index contributed by atoms with van der Waals surface area (Å²) in [7, 11) is 0. The van der Waals surface area contributed by atoms with Crippen molar-refractivity contribution in [2.75, 3.05) is 10.6 Å². The van der Waals surface area contributed by atoms with Crippen molar-refractivity contribution < 1.29 is 4.79 Å². The molecule has 3 aromatic carbocycles. The van der Waals surface area contributed by atoms with Crippen molar-refractivity contribution in [2.45, 2.75) is 13.1 Å². The van der Waals surface area contributed by atoms with Gasteiger partial charge < -0.3 is 10.6 Å². The Bertz CT molecular complexity index is 2700. The topological polar surface area (TPSA) is 127 Å². The van der Waals surface area contributed by atoms with Gasteiger partial charge in [0.2, 0.25) is 0 Å². The average molecular weight is 733 g/mol. The summed E-state index contributed by atoms with van der Waals surface area (Å²) in [6.45, 7) is 1.24. The van der Waals surface area contributed by atoms with Crippen molar-refractivity contribution in [1.29, 1.82) is 0 Å². The molecule has 0 amide bonds. The number of nitrogens with zero attached hydrogens (tertiary/aromatic N) is 8. The highest BCUT2D eigenvalue weighted by atomic mass is 16.1. The molecule has 0 aliphatic carbocycles. The first-order valence-electron chi connectivity index (χ1n) is 18.0. The summed E-state index contributed by atoms with van der Waals surface area (Å²) in [5, 5.41) is 15.7. The predicted molar refractivity (Wildman–Crippen MR) is 221 cm³/mol. The summed E-state index contributed by atoms with van der Waals surface area (Å²) in [6, 6.07) is 42.1. The quantitative estimate of drug-likeness (QED) is 0.126. The number of anilines is 2. The Morgan fingerprint density at radius 2 is 1.00 bits per heavy atom. The van der Waals surface area contributed by atoms with Gasteiger partial charge in [-0.1, -0.05) is 109 Å². The standard InChI is InChI=1S/C26H21N5.C19H15N5O/c1-3-8-20(9-4-1)13-14-23-19-29-31-25(28-18-21-10-7-15-27-17-21)16-24(30-26(23)31)22-11-5-2-6-12-22;25-13-16-12-22-24-18(21-11-14-5-4-8-20-10-14)9-17(23-19(16)24)15-6-2-1-3-7-15/h1-17,19,28H,18H2;1-10,12-13,21H,11H2/b14-13+;. The molecular weight excluding hydrogens is 697 g/mol. The summed E-state index contributed by atoms with van der Waals surface area (Å²) in [5.41, 5.74) is 9.78. The van der Waals surface area contributed by atoms with E-state index in [0.717, 1.165) is 68.3 Å². The number of pyridine rings is 2. The van der Waals surface area contributed by atoms with Gasteiger partial charge in [0, 0.05) is 66.7 Å². The maximum absolute atomic E-state index is 11.3. The molecule has 0 bridgehead atoms. The van der Waals surface area contributed by atoms with Crippen LogP contribution in [0.15, 0.2) is 165 Å². The van der Waals surface area contributed by atoms with Gasteiger partial charge in [0.1, 0.15) is 11.6 Å². The molecule has 0 atom stereocenters. The average Bonchev–Trinajstić information content (AvgIpc) is 3.90. The summed E-state index contributed by atoms with van der Waals surface area (Å²) < 4.78 is 3.50. The van der Waals surface area contributed by atoms with Crippen molar-refractivity contribution in [3.63, 3.8) is 0 Å². The molecule has 9 aromatic rings. The third kappa shape index (κ3) is 8.22. The highest BCUT2D eigenvalue weighted by Crippen LogP contribution is 2.26. The maximum atomic E-state index is 11.3. The Kier molecular flexibility index (Phi) is 10.6. The number of nitrogens with one attached hydrogen (secondary N) is 2. The lowest BCUT2D eigenvalue weighted by atomic mass is 10.1. The molecule has 0 aliphatic heterocycles. The second-order valence-electron chi connectivity index (χ2n) is 12.7. The van der Waals surface area contributed by atoms with Crippen LogP contribution in [0.4, 0.5) is 11.6 Å². The van der Waals surface area contributed by atoms with Crippen LogP contribution in [0.1, 0.15) is 32.6 Å². The maximum Gasteiger partial charge on any atom is 0.168 e. The lowest BCUT2D eigenvalue weighted by Gasteiger charge is -2.11. The molecule has 0 saturated heterocycles. The molecule has 11 heteroatoms. The third-order valence-electron chi connectivity index (χ3n) is 8.91. The van der Waals surface area contributed by atoms with Gasteiger partial charge in [-0.2, -0.15) is 19.2 Å². The second-order valence-corrected chi connectivity index (χ2v) is 12.7. The second kappa shape index (κ2) is 16.9. The zero-order valence-electron chi connectivity index (χ0n) is 30.2. The number of carbonyl (C=O) groups is 1. The minimum Gasteiger partial charge on any atom is -0.366 e. The van der Waals surface area contributed by atoms with Gasteiger partial charge >= 0.3 is 0 Å². The van der Waals surface area contributed by atoms with Crippen molar-refractivity contribution in [3.05, 3.63) is 192 Å². The number of fused-ring (bicyclic) bond motifs is 2. The molecule has 0 aliphatic rings. The summed E-state index contributed by atoms with van der Waals surface area (Å²) in [4.78, 5) is 29.2. The summed E-state index contributed by atoms with van der Waals surface area (Å²) >= 11 is 0. The van der Waals surface area contributed by atoms with E-state index >= 15 is 0 Å². The minimum atomic E-state index is 0.460. The van der Waals surface area contributed by atoms with Gasteiger partial charge in [-0.25, -0.2) is 9.97 Å². The molecule has 0 unspecified atom stereocenters. The molecule has 272 valence electrons. The Morgan fingerprint density at radius 3 is 1.48 bits per heavy atom. The molecule has 11 nitrogen and oxygen atoms in total. The molecule has 9 rings (SSSR count). The number of aldehydes is 1. The minimum absolute atomic E-state index is 0.460. The van der Waals surface area contributed by atoms with Crippen molar-refractivity contribution >= 4 is 41.4 Å². The molecule has 2 N–H and O–H groups in total. The van der Waals surface area contributed by atoms with Gasteiger partial charge in [0.15, 0.2) is 17.6 Å². The van der Waals surface area contributed by atoms with E-state index in [0.29, 0.717) is 24.3 Å². The highest BCUT2D eigenvalue weighted by Gasteiger charge is 2.14. The van der Waals surface area contributed by atoms with Crippen LogP contribution in [0.5, 0.6) is 0 Å². The van der Waals surface area contributed by atoms with E-state index in [1.54, 1.807) is 16.9 Å². The first kappa shape index (κ1) is 35.3. The number of aromatic nitrogens is 8. The van der Waals surface area contributed by atoms with Crippen LogP contribution in [0.3, 0.4) is 0 Å². The van der Waals surface area contributed by atoms with Crippen molar-refractivity contribution in [3.8, 4) is 22.5 Å². The van der Waals surface area contributed by atoms with Gasteiger partial charge in [-0.15, -0.1) is 0 Å². The van der Waals surface area contributed by atoms with Crippen LogP contribution in [0.25, 0.3) is 46.0 Å². The monoisotopic (exact) mass is 732 g/mol. The zero-order valence-corrected chi connectivity index (χ0v) is 30.2. The first-order valence-corrected chi connectivity index (χ1v) is 18.0. The molecule has 0 fully saturated rings. The fourth-order valence-corrected chi connectivity index (χ4v) is 6.07. The largest absolute Gasteiger partial charge is 0.366 e. The molecule has 6 aromatic heterocycles. The van der Waals surface area contributed by atoms with Crippen molar-refractivity contribution in [1.82, 2.24) is 39.2 Å². The van der Waals surface area contributed by atoms with Crippen LogP contribution in [-0.2, 0) is 13.1 Å². The van der Waals surface area contributed by atoms with Crippen LogP contribution in [-0.4, -0.2) is 45.5 Å². The Morgan fingerprint density at radius 1 is 0.518 bits per heavy atom. The number of hydrogen-bond acceptors (Lipinski definition) is 9. The number of rotatable bonds is 11. The van der Waals surface area contributed by atoms with E-state index in [1.807, 2.05) is 126 Å². The van der Waals surface area contributed by atoms with Crippen LogP contribution >= 0.6 is 0 Å². The number of carbonyl (C=O) groups excluding carboxylic acids is 1. The summed E-state index contributed by atoms with van der Waals surface area (Å²) in [5.74, 6) is 1.65. The molecular formula is C45H36N10O. The van der Waals surface area contributed by atoms with E-state index in [1.165, 1.54) is 6.20 Å². The first-order chi connectivity index (χ1) is 27.7. The predicted octanol–water partition coefficient (Wildman–Crippen LogP) is 8.79. The van der Waals surface area contributed by atoms with Crippen LogP contribution in [0, 0.1) is 0 Å². The van der Waals surface area contributed by atoms with Gasteiger partial charge in [0.25, 0.3) is 0 Å². The number of benzene rings is 3. The van der Waals surface area contributed by atoms with E-state index < -0.39 is 0 Å². The lowest BCUT2D eigenvalue weighted by molar-refractivity contribution is 0.112. The van der Waals surface area contributed by atoms with Gasteiger partial charge in [0.05, 0.1) is 29.3 Å². The van der Waals surface area contributed by atoms with Crippen LogP contribution < -0.4 is 10.6 Å². The zero-order chi connectivity index (χ0) is 37.9. The van der Waals surface area contributed by atoms with E-state index in [2.05, 4.69) is 72.2 Å². The van der Waals surface area contributed by atoms with Crippen molar-refractivity contribution in [2.24, 2.45) is 0 Å². The SMILES string of the molecule is C(=C\c1cnn2c(NCc3cccnc3)cc(-c3ccccc3)nc12)/c1ccccc1.O=Cc1cnn2c(NCc3cccnc3)cc(-c3ccccc3)nc12. The van der Waals surface area contributed by atoms with E-state index in [-0.39, 0.29) is 0 Å². The lowest BCUT2D eigenvalue weighted by Crippen LogP contribution is -2.07. The molecule has 56 heavy (non-hydrogen) atoms. The summed E-state index contributed by atoms with van der Waals surface area (Å²) in [6.07, 6.45) is 15.5. The molecule has 0 spiro atoms. The van der Waals surface area contributed by atoms with Gasteiger partial charge in [-0.3, -0.25) is 14.8 Å². The van der Waals surface area contributed by atoms with Crippen LogP contribution in [0.2, 0.25) is 0 Å². The Labute approximate surface area is 323 Å². The molecule has 0 radical (unpaired) electrons. The highest BCUT2D eigenvalue weighted by molar-refractivity contribution is 5.85. The van der Waals surface area contributed by atoms with E-state index in [4.69, 9.17) is 4.98 Å². The normalized spacial score (nSPS) is 11.0. The molecule has 0 saturated carbocycles. The van der Waals surface area contributed by atoms with Gasteiger partial charge in [-0.05, 0) is 34.9 Å². The molecule has 6 heterocycles. The van der Waals surface area contributed by atoms with E-state index in [9.17, 15) is 4.79 Å². The Hall–Kier alpha value is -7.79. The fourth-order valence-electron chi connectivity index (χ4n) is 6.07. The smallest absolute Gasteiger partial charge is 0.168 e.